The van der Waals surface area contributed by atoms with E-state index in [0.29, 0.717) is 31.2 Å². The number of nitrogens with zero attached hydrogens (tertiary/aromatic N) is 3. The van der Waals surface area contributed by atoms with E-state index in [1.54, 1.807) is 19.2 Å². The lowest BCUT2D eigenvalue weighted by Gasteiger charge is -2.45. The average molecular weight is 664 g/mol. The number of cyclic esters (lactones) is 1. The number of carbonyl (C=O) groups is 2. The van der Waals surface area contributed by atoms with Crippen LogP contribution in [0.15, 0.2) is 60.3 Å². The first-order valence-corrected chi connectivity index (χ1v) is 18.3. The molecule has 2 unspecified atom stereocenters. The van der Waals surface area contributed by atoms with Gasteiger partial charge in [-0.3, -0.25) is 14.7 Å². The number of pyridine rings is 1. The Morgan fingerprint density at radius 3 is 2.44 bits per heavy atom. The number of likely N-dealkylation sites (tertiary alicyclic amines) is 1. The Hall–Kier alpha value is -3.01. The summed E-state index contributed by atoms with van der Waals surface area (Å²) in [5.41, 5.74) is 0.352. The van der Waals surface area contributed by atoms with Crippen molar-refractivity contribution in [1.82, 2.24) is 14.8 Å². The molecule has 5 rings (SSSR count). The van der Waals surface area contributed by atoms with Crippen LogP contribution in [0, 0.1) is 5.92 Å². The normalized spacial score (nSPS) is 34.5. The molecule has 48 heavy (non-hydrogen) atoms. The fourth-order valence-electron chi connectivity index (χ4n) is 8.08. The number of fused-ring (bicyclic) bond motifs is 2. The van der Waals surface area contributed by atoms with Crippen LogP contribution in [0.2, 0.25) is 0 Å². The number of aliphatic hydroxyl groups excluding tert-OH is 1. The number of esters is 1. The van der Waals surface area contributed by atoms with Gasteiger partial charge < -0.3 is 24.6 Å². The molecule has 0 radical (unpaired) electrons. The van der Waals surface area contributed by atoms with E-state index in [4.69, 9.17) is 9.47 Å². The number of aliphatic hydroxyl groups is 2. The Morgan fingerprint density at radius 1 is 1.06 bits per heavy atom. The zero-order chi connectivity index (χ0) is 34.3. The lowest BCUT2D eigenvalue weighted by Crippen LogP contribution is -2.59. The van der Waals surface area contributed by atoms with Crippen molar-refractivity contribution >= 4 is 12.1 Å². The minimum Gasteiger partial charge on any atom is -0.457 e. The summed E-state index contributed by atoms with van der Waals surface area (Å²) in [6, 6.07) is 7.17. The highest BCUT2D eigenvalue weighted by molar-refractivity contribution is 5.70. The number of rotatable bonds is 6. The number of ether oxygens (including phenoxy) is 2. The molecule has 1 aliphatic carbocycles. The predicted octanol–water partition coefficient (Wildman–Crippen LogP) is 6.46. The molecule has 0 spiro atoms. The fourth-order valence-corrected chi connectivity index (χ4v) is 8.08. The summed E-state index contributed by atoms with van der Waals surface area (Å²) in [5.74, 6) is -0.680. The molecule has 2 bridgehead atoms. The molecule has 4 aliphatic rings. The van der Waals surface area contributed by atoms with E-state index in [0.717, 1.165) is 24.1 Å². The van der Waals surface area contributed by atoms with E-state index in [1.807, 2.05) is 61.3 Å². The van der Waals surface area contributed by atoms with E-state index in [9.17, 15) is 19.8 Å². The second-order valence-corrected chi connectivity index (χ2v) is 14.9. The fraction of sp³-hybridized carbons (Fsp3) is 0.667. The zero-order valence-electron chi connectivity index (χ0n) is 29.4. The molecule has 2 N–H and O–H groups in total. The Kier molecular flexibility index (Phi) is 12.5. The average Bonchev–Trinajstić information content (AvgIpc) is 3.23. The van der Waals surface area contributed by atoms with Crippen molar-refractivity contribution in [3.8, 4) is 0 Å². The van der Waals surface area contributed by atoms with Crippen LogP contribution >= 0.6 is 0 Å². The molecule has 4 heterocycles. The van der Waals surface area contributed by atoms with E-state index in [-0.39, 0.29) is 31.1 Å². The van der Waals surface area contributed by atoms with Gasteiger partial charge in [0.25, 0.3) is 0 Å². The molecular weight excluding hydrogens is 606 g/mol. The molecule has 2 saturated heterocycles. The zero-order valence-corrected chi connectivity index (χ0v) is 29.4. The van der Waals surface area contributed by atoms with Crippen LogP contribution < -0.4 is 0 Å². The van der Waals surface area contributed by atoms with Gasteiger partial charge in [0.15, 0.2) is 6.10 Å². The number of hydrogen-bond acceptors (Lipinski definition) is 8. The van der Waals surface area contributed by atoms with Gasteiger partial charge in [-0.15, -0.1) is 0 Å². The Morgan fingerprint density at radius 2 is 1.77 bits per heavy atom. The standard InChI is InChI=1S/C39H57N3O6/c1-27(34-16-9-10-23-40-34)12-11-13-28(2)37-29(3)17-20-35(39(4,46)22-21-33(43)24-36(44)48-37)47-38(45)41-25-31-18-19-32(26-41)42(31)30-14-7-5-6-8-15-30/h9-13,16-17,20,23,27,29-33,35,37,43,46H,5-8,14-15,18-19,21-22,24-26H2,1-4H3/b12-11+,20-17-,28-13+/t27-,29-,31?,32?,33-,35-,37+,39-/m0/s1. The van der Waals surface area contributed by atoms with E-state index in [1.165, 1.54) is 38.5 Å². The van der Waals surface area contributed by atoms with Crippen LogP contribution in [0.4, 0.5) is 4.79 Å². The molecular formula is C39H57N3O6. The van der Waals surface area contributed by atoms with Gasteiger partial charge in [0, 0.05) is 54.9 Å². The van der Waals surface area contributed by atoms with Crippen LogP contribution in [0.1, 0.15) is 110 Å². The Balaban J connectivity index is 1.29. The molecule has 1 saturated carbocycles. The van der Waals surface area contributed by atoms with Gasteiger partial charge in [0.2, 0.25) is 0 Å². The quantitative estimate of drug-likeness (QED) is 0.154. The van der Waals surface area contributed by atoms with Gasteiger partial charge in [-0.2, -0.15) is 0 Å². The van der Waals surface area contributed by atoms with Gasteiger partial charge >= 0.3 is 12.1 Å². The number of aromatic nitrogens is 1. The highest BCUT2D eigenvalue weighted by atomic mass is 16.6. The van der Waals surface area contributed by atoms with Gasteiger partial charge in [-0.05, 0) is 76.2 Å². The van der Waals surface area contributed by atoms with Crippen LogP contribution in [-0.2, 0) is 14.3 Å². The summed E-state index contributed by atoms with van der Waals surface area (Å²) in [4.78, 5) is 35.6. The molecule has 1 aromatic heterocycles. The molecule has 9 heteroatoms. The summed E-state index contributed by atoms with van der Waals surface area (Å²) in [6.45, 7) is 8.85. The van der Waals surface area contributed by atoms with E-state index < -0.39 is 36.0 Å². The summed E-state index contributed by atoms with van der Waals surface area (Å²) in [6.07, 6.45) is 18.4. The maximum atomic E-state index is 13.7. The van der Waals surface area contributed by atoms with E-state index in [2.05, 4.69) is 16.8 Å². The first-order valence-electron chi connectivity index (χ1n) is 18.3. The molecule has 264 valence electrons. The number of allylic oxidation sites excluding steroid dienone is 3. The van der Waals surface area contributed by atoms with Gasteiger partial charge in [0.05, 0.1) is 12.5 Å². The van der Waals surface area contributed by atoms with Crippen LogP contribution in [0.25, 0.3) is 0 Å². The van der Waals surface area contributed by atoms with Gasteiger partial charge in [0.1, 0.15) is 11.7 Å². The maximum absolute atomic E-state index is 13.7. The third-order valence-electron chi connectivity index (χ3n) is 11.0. The molecule has 3 fully saturated rings. The monoisotopic (exact) mass is 663 g/mol. The Bertz CT molecular complexity index is 1290. The second-order valence-electron chi connectivity index (χ2n) is 14.9. The smallest absolute Gasteiger partial charge is 0.410 e. The third kappa shape index (κ3) is 9.36. The van der Waals surface area contributed by atoms with Crippen molar-refractivity contribution in [2.24, 2.45) is 5.92 Å². The number of piperazine rings is 1. The predicted molar refractivity (Wildman–Crippen MR) is 186 cm³/mol. The summed E-state index contributed by atoms with van der Waals surface area (Å²) in [5, 5.41) is 22.3. The van der Waals surface area contributed by atoms with Gasteiger partial charge in [-0.25, -0.2) is 4.79 Å². The second kappa shape index (κ2) is 16.6. The summed E-state index contributed by atoms with van der Waals surface area (Å²) >= 11 is 0. The molecule has 8 atom stereocenters. The first kappa shape index (κ1) is 36.3. The number of carbonyl (C=O) groups excluding carboxylic acids is 2. The van der Waals surface area contributed by atoms with Crippen molar-refractivity contribution in [1.29, 1.82) is 0 Å². The largest absolute Gasteiger partial charge is 0.457 e. The van der Waals surface area contributed by atoms with Crippen molar-refractivity contribution in [2.75, 3.05) is 13.1 Å². The molecule has 0 aromatic carbocycles. The molecule has 1 aromatic rings. The number of amides is 1. The molecule has 9 nitrogen and oxygen atoms in total. The molecule has 3 aliphatic heterocycles. The van der Waals surface area contributed by atoms with Crippen molar-refractivity contribution in [2.45, 2.75) is 146 Å². The lowest BCUT2D eigenvalue weighted by atomic mass is 9.88. The maximum Gasteiger partial charge on any atom is 0.410 e. The van der Waals surface area contributed by atoms with E-state index >= 15 is 0 Å². The number of hydrogen-bond donors (Lipinski definition) is 2. The summed E-state index contributed by atoms with van der Waals surface area (Å²) in [7, 11) is 0. The topological polar surface area (TPSA) is 112 Å². The van der Waals surface area contributed by atoms with Crippen molar-refractivity contribution in [3.05, 3.63) is 66.0 Å². The van der Waals surface area contributed by atoms with Crippen molar-refractivity contribution < 1.29 is 29.3 Å². The first-order chi connectivity index (χ1) is 23.0. The molecule has 1 amide bonds. The Labute approximate surface area is 287 Å². The van der Waals surface area contributed by atoms with Crippen LogP contribution in [0.5, 0.6) is 0 Å². The third-order valence-corrected chi connectivity index (χ3v) is 11.0. The SMILES string of the molecule is C/C(=C\C=C\[C@H](C)c1ccccn1)[C@H]1OC(=O)C[C@@H](O)CC[C@](C)(O)[C@@H](OC(=O)N2CC3CCC(C2)N3C2CCCCCC2)/C=C\[C@@H]1C. The minimum absolute atomic E-state index is 0.106. The lowest BCUT2D eigenvalue weighted by molar-refractivity contribution is -0.151. The van der Waals surface area contributed by atoms with Crippen LogP contribution in [0.3, 0.4) is 0 Å². The highest BCUT2D eigenvalue weighted by Gasteiger charge is 2.45. The van der Waals surface area contributed by atoms with Crippen molar-refractivity contribution in [3.63, 3.8) is 0 Å². The minimum atomic E-state index is -1.44. The van der Waals surface area contributed by atoms with Crippen LogP contribution in [-0.4, -0.2) is 92.2 Å². The highest BCUT2D eigenvalue weighted by Crippen LogP contribution is 2.37. The van der Waals surface area contributed by atoms with Gasteiger partial charge in [-0.1, -0.05) is 69.9 Å². The summed E-state index contributed by atoms with van der Waals surface area (Å²) < 4.78 is 12.0.